The fourth-order valence-electron chi connectivity index (χ4n) is 2.79. The van der Waals surface area contributed by atoms with Crippen LogP contribution in [0.2, 0.25) is 0 Å². The monoisotopic (exact) mass is 389 g/mol. The minimum absolute atomic E-state index is 0.0584. The van der Waals surface area contributed by atoms with E-state index in [1.54, 1.807) is 12.4 Å². The van der Waals surface area contributed by atoms with E-state index in [1.165, 1.54) is 5.56 Å². The van der Waals surface area contributed by atoms with Gasteiger partial charge in [0.15, 0.2) is 0 Å². The summed E-state index contributed by atoms with van der Waals surface area (Å²) in [6.07, 6.45) is 5.05. The highest BCUT2D eigenvalue weighted by Crippen LogP contribution is 2.19. The number of ether oxygens (including phenoxy) is 1. The quantitative estimate of drug-likeness (QED) is 0.805. The topological polar surface area (TPSA) is 55.3 Å². The smallest absolute Gasteiger partial charge is 0.316 e. The second-order valence-corrected chi connectivity index (χ2v) is 7.03. The molecule has 0 N–H and O–H groups in total. The van der Waals surface area contributed by atoms with Crippen LogP contribution in [-0.2, 0) is 0 Å². The van der Waals surface area contributed by atoms with Gasteiger partial charge in [0.1, 0.15) is 6.10 Å². The zero-order valence-corrected chi connectivity index (χ0v) is 15.4. The molecule has 5 nitrogen and oxygen atoms in total. The standard InChI is InChI=1S/C18H20BrN3O2/c1-12-5-6-14(8-13(12)2)17(23)22-7-3-4-16(11-22)24-18-20-9-15(19)10-21-18/h5-6,8-10,16H,3-4,7,11H2,1-2H3/t16-/m1/s1. The molecule has 1 aliphatic rings. The van der Waals surface area contributed by atoms with Crippen molar-refractivity contribution in [1.82, 2.24) is 14.9 Å². The van der Waals surface area contributed by atoms with E-state index in [1.807, 2.05) is 36.9 Å². The number of benzene rings is 1. The van der Waals surface area contributed by atoms with Gasteiger partial charge in [-0.1, -0.05) is 6.07 Å². The average Bonchev–Trinajstić information content (AvgIpc) is 2.59. The highest BCUT2D eigenvalue weighted by atomic mass is 79.9. The number of hydrogen-bond donors (Lipinski definition) is 0. The van der Waals surface area contributed by atoms with Gasteiger partial charge in [0, 0.05) is 24.5 Å². The summed E-state index contributed by atoms with van der Waals surface area (Å²) in [5.41, 5.74) is 3.06. The van der Waals surface area contributed by atoms with E-state index < -0.39 is 0 Å². The van der Waals surface area contributed by atoms with Crippen molar-refractivity contribution in [2.24, 2.45) is 0 Å². The molecular weight excluding hydrogens is 370 g/mol. The molecule has 24 heavy (non-hydrogen) atoms. The minimum atomic E-state index is -0.0737. The molecule has 1 amide bonds. The molecule has 0 radical (unpaired) electrons. The van der Waals surface area contributed by atoms with E-state index in [2.05, 4.69) is 25.9 Å². The summed E-state index contributed by atoms with van der Waals surface area (Å²) in [5, 5.41) is 0. The Bertz CT molecular complexity index is 734. The van der Waals surface area contributed by atoms with Crippen molar-refractivity contribution in [1.29, 1.82) is 0 Å². The number of likely N-dealkylation sites (tertiary alicyclic amines) is 1. The van der Waals surface area contributed by atoms with Crippen LogP contribution in [0.3, 0.4) is 0 Å². The number of carbonyl (C=O) groups excluding carboxylic acids is 1. The molecule has 0 spiro atoms. The molecule has 1 fully saturated rings. The van der Waals surface area contributed by atoms with Gasteiger partial charge in [-0.3, -0.25) is 4.79 Å². The van der Waals surface area contributed by atoms with Gasteiger partial charge >= 0.3 is 6.01 Å². The van der Waals surface area contributed by atoms with Crippen molar-refractivity contribution in [3.8, 4) is 6.01 Å². The van der Waals surface area contributed by atoms with Crippen LogP contribution in [-0.4, -0.2) is 40.0 Å². The molecule has 0 unspecified atom stereocenters. The van der Waals surface area contributed by atoms with Crippen molar-refractivity contribution in [3.05, 3.63) is 51.8 Å². The van der Waals surface area contributed by atoms with Crippen LogP contribution >= 0.6 is 15.9 Å². The lowest BCUT2D eigenvalue weighted by Gasteiger charge is -2.32. The summed E-state index contributed by atoms with van der Waals surface area (Å²) in [6, 6.07) is 6.20. The Morgan fingerprint density at radius 3 is 2.71 bits per heavy atom. The third-order valence-electron chi connectivity index (χ3n) is 4.29. The highest BCUT2D eigenvalue weighted by molar-refractivity contribution is 9.10. The molecule has 1 atom stereocenters. The molecule has 1 aromatic heterocycles. The van der Waals surface area contributed by atoms with Gasteiger partial charge in [-0.25, -0.2) is 9.97 Å². The Morgan fingerprint density at radius 1 is 1.25 bits per heavy atom. The maximum absolute atomic E-state index is 12.7. The van der Waals surface area contributed by atoms with Gasteiger partial charge in [0.05, 0.1) is 11.0 Å². The summed E-state index contributed by atoms with van der Waals surface area (Å²) in [7, 11) is 0. The first-order valence-corrected chi connectivity index (χ1v) is 8.83. The largest absolute Gasteiger partial charge is 0.458 e. The van der Waals surface area contributed by atoms with E-state index >= 15 is 0 Å². The van der Waals surface area contributed by atoms with Crippen LogP contribution in [0, 0.1) is 13.8 Å². The number of nitrogens with zero attached hydrogens (tertiary/aromatic N) is 3. The third kappa shape index (κ3) is 3.93. The maximum atomic E-state index is 12.7. The lowest BCUT2D eigenvalue weighted by atomic mass is 10.0. The number of aromatic nitrogens is 2. The summed E-state index contributed by atoms with van der Waals surface area (Å²) in [5.74, 6) is 0.0584. The first-order chi connectivity index (χ1) is 11.5. The molecule has 0 bridgehead atoms. The van der Waals surface area contributed by atoms with E-state index in [0.717, 1.165) is 35.0 Å². The molecular formula is C18H20BrN3O2. The van der Waals surface area contributed by atoms with Crippen LogP contribution in [0.5, 0.6) is 6.01 Å². The third-order valence-corrected chi connectivity index (χ3v) is 4.70. The molecule has 1 saturated heterocycles. The molecule has 6 heteroatoms. The Hall–Kier alpha value is -1.95. The molecule has 2 aromatic rings. The van der Waals surface area contributed by atoms with E-state index in [0.29, 0.717) is 12.6 Å². The lowest BCUT2D eigenvalue weighted by molar-refractivity contribution is 0.0515. The van der Waals surface area contributed by atoms with Crippen LogP contribution in [0.25, 0.3) is 0 Å². The number of carbonyl (C=O) groups is 1. The van der Waals surface area contributed by atoms with Crippen molar-refractivity contribution in [3.63, 3.8) is 0 Å². The van der Waals surface area contributed by atoms with E-state index in [-0.39, 0.29) is 12.0 Å². The van der Waals surface area contributed by atoms with Crippen molar-refractivity contribution >= 4 is 21.8 Å². The average molecular weight is 390 g/mol. The molecule has 3 rings (SSSR count). The van der Waals surface area contributed by atoms with Crippen molar-refractivity contribution < 1.29 is 9.53 Å². The van der Waals surface area contributed by atoms with Crippen molar-refractivity contribution in [2.75, 3.05) is 13.1 Å². The van der Waals surface area contributed by atoms with E-state index in [4.69, 9.17) is 4.74 Å². The first kappa shape index (κ1) is 16.9. The normalized spacial score (nSPS) is 17.6. The predicted molar refractivity (Wildman–Crippen MR) is 95.2 cm³/mol. The maximum Gasteiger partial charge on any atom is 0.316 e. The van der Waals surface area contributed by atoms with Gasteiger partial charge < -0.3 is 9.64 Å². The number of halogens is 1. The fraction of sp³-hybridized carbons (Fsp3) is 0.389. The second kappa shape index (κ2) is 7.30. The molecule has 0 aliphatic carbocycles. The molecule has 126 valence electrons. The number of hydrogen-bond acceptors (Lipinski definition) is 4. The molecule has 1 aliphatic heterocycles. The Balaban J connectivity index is 1.67. The second-order valence-electron chi connectivity index (χ2n) is 6.12. The number of amides is 1. The summed E-state index contributed by atoms with van der Waals surface area (Å²) >= 11 is 3.30. The zero-order valence-electron chi connectivity index (χ0n) is 13.8. The summed E-state index contributed by atoms with van der Waals surface area (Å²) in [6.45, 7) is 5.39. The van der Waals surface area contributed by atoms with Gasteiger partial charge in [0.2, 0.25) is 0 Å². The Morgan fingerprint density at radius 2 is 2.00 bits per heavy atom. The predicted octanol–water partition coefficient (Wildman–Crippen LogP) is 3.54. The molecule has 2 heterocycles. The summed E-state index contributed by atoms with van der Waals surface area (Å²) < 4.78 is 6.64. The lowest BCUT2D eigenvalue weighted by Crippen LogP contribution is -2.44. The van der Waals surface area contributed by atoms with Crippen LogP contribution < -0.4 is 4.74 Å². The van der Waals surface area contributed by atoms with Gasteiger partial charge in [0.25, 0.3) is 5.91 Å². The zero-order chi connectivity index (χ0) is 17.1. The number of piperidine rings is 1. The number of aryl methyl sites for hydroxylation is 2. The molecule has 0 saturated carbocycles. The summed E-state index contributed by atoms with van der Waals surface area (Å²) in [4.78, 5) is 22.9. The first-order valence-electron chi connectivity index (χ1n) is 8.03. The van der Waals surface area contributed by atoms with Gasteiger partial charge in [-0.15, -0.1) is 0 Å². The minimum Gasteiger partial charge on any atom is -0.458 e. The van der Waals surface area contributed by atoms with Gasteiger partial charge in [-0.05, 0) is 65.9 Å². The van der Waals surface area contributed by atoms with Crippen LogP contribution in [0.4, 0.5) is 0 Å². The van der Waals surface area contributed by atoms with Gasteiger partial charge in [-0.2, -0.15) is 0 Å². The van der Waals surface area contributed by atoms with Crippen molar-refractivity contribution in [2.45, 2.75) is 32.8 Å². The van der Waals surface area contributed by atoms with Crippen LogP contribution in [0.1, 0.15) is 34.3 Å². The highest BCUT2D eigenvalue weighted by Gasteiger charge is 2.26. The Kier molecular flexibility index (Phi) is 5.14. The fourth-order valence-corrected chi connectivity index (χ4v) is 2.99. The molecule has 1 aromatic carbocycles. The number of rotatable bonds is 3. The van der Waals surface area contributed by atoms with E-state index in [9.17, 15) is 4.79 Å². The Labute approximate surface area is 150 Å². The van der Waals surface area contributed by atoms with Crippen LogP contribution in [0.15, 0.2) is 35.1 Å². The SMILES string of the molecule is Cc1ccc(C(=O)N2CCC[C@@H](Oc3ncc(Br)cn3)C2)cc1C.